The van der Waals surface area contributed by atoms with Gasteiger partial charge in [0, 0.05) is 24.9 Å². The zero-order valence-electron chi connectivity index (χ0n) is 15.8. The van der Waals surface area contributed by atoms with E-state index in [0.29, 0.717) is 22.8 Å². The van der Waals surface area contributed by atoms with E-state index in [1.54, 1.807) is 48.4 Å². The minimum atomic E-state index is -3.78. The van der Waals surface area contributed by atoms with Crippen molar-refractivity contribution in [1.82, 2.24) is 19.8 Å². The molecule has 30 heavy (non-hydrogen) atoms. The van der Waals surface area contributed by atoms with E-state index < -0.39 is 22.0 Å². The smallest absolute Gasteiger partial charge is 0.329 e. The fraction of sp³-hybridized carbons (Fsp3) is 0.105. The van der Waals surface area contributed by atoms with Gasteiger partial charge in [-0.25, -0.2) is 23.3 Å². The average molecular weight is 427 g/mol. The van der Waals surface area contributed by atoms with Gasteiger partial charge >= 0.3 is 6.03 Å². The number of imide groups is 1. The van der Waals surface area contributed by atoms with E-state index in [4.69, 9.17) is 9.56 Å². The first-order valence-corrected chi connectivity index (χ1v) is 10.3. The van der Waals surface area contributed by atoms with Crippen molar-refractivity contribution in [3.8, 4) is 11.3 Å². The fourth-order valence-corrected chi connectivity index (χ4v) is 3.47. The lowest BCUT2D eigenvalue weighted by atomic mass is 10.2. The van der Waals surface area contributed by atoms with Crippen LogP contribution in [0.1, 0.15) is 11.5 Å². The number of hydrogen-bond donors (Lipinski definition) is 2. The third-order valence-electron chi connectivity index (χ3n) is 4.58. The predicted octanol–water partition coefficient (Wildman–Crippen LogP) is 1.42. The van der Waals surface area contributed by atoms with Crippen LogP contribution in [0.3, 0.4) is 0 Å². The molecule has 1 fully saturated rings. The molecule has 1 aliphatic rings. The molecule has 0 aliphatic carbocycles. The summed E-state index contributed by atoms with van der Waals surface area (Å²) in [4.78, 5) is 29.8. The molecule has 4 rings (SSSR count). The molecule has 0 unspecified atom stereocenters. The quantitative estimate of drug-likeness (QED) is 0.466. The maximum Gasteiger partial charge on any atom is 0.329 e. The number of imidazole rings is 1. The van der Waals surface area contributed by atoms with E-state index in [1.807, 2.05) is 0 Å². The normalized spacial score (nSPS) is 15.8. The molecule has 1 aromatic carbocycles. The molecular weight excluding hydrogens is 410 g/mol. The van der Waals surface area contributed by atoms with Gasteiger partial charge in [-0.05, 0) is 36.4 Å². The second-order valence-corrected chi connectivity index (χ2v) is 8.21. The van der Waals surface area contributed by atoms with Gasteiger partial charge in [0.2, 0.25) is 10.0 Å². The van der Waals surface area contributed by atoms with Crippen molar-refractivity contribution >= 4 is 28.0 Å². The van der Waals surface area contributed by atoms with Crippen LogP contribution in [0.25, 0.3) is 17.4 Å². The largest absolute Gasteiger partial charge is 0.457 e. The number of sulfonamides is 1. The first-order chi connectivity index (χ1) is 14.2. The molecule has 1 aliphatic heterocycles. The summed E-state index contributed by atoms with van der Waals surface area (Å²) in [5.74, 6) is 0.342. The fourth-order valence-electron chi connectivity index (χ4n) is 2.95. The summed E-state index contributed by atoms with van der Waals surface area (Å²) < 4.78 is 30.1. The standard InChI is InChI=1S/C19H17N5O5S/c1-23-11-21-9-13(23)10-24-18(25)16(22-19(24)26)8-14-4-7-17(29-14)12-2-5-15(6-3-12)30(20,27)28/h2-9,11H,10H2,1H3,(H,22,26)(H2,20,27,28). The van der Waals surface area contributed by atoms with Crippen LogP contribution < -0.4 is 10.5 Å². The lowest BCUT2D eigenvalue weighted by molar-refractivity contribution is -0.123. The molecule has 0 atom stereocenters. The number of furan rings is 1. The van der Waals surface area contributed by atoms with Crippen LogP contribution in [0.15, 0.2) is 63.9 Å². The summed E-state index contributed by atoms with van der Waals surface area (Å²) in [5, 5.41) is 7.63. The summed E-state index contributed by atoms with van der Waals surface area (Å²) in [7, 11) is -2.00. The van der Waals surface area contributed by atoms with E-state index in [9.17, 15) is 18.0 Å². The Morgan fingerprint density at radius 3 is 2.53 bits per heavy atom. The van der Waals surface area contributed by atoms with Crippen molar-refractivity contribution < 1.29 is 22.4 Å². The lowest BCUT2D eigenvalue weighted by Crippen LogP contribution is -2.30. The van der Waals surface area contributed by atoms with Gasteiger partial charge in [0.15, 0.2) is 0 Å². The number of urea groups is 1. The number of amides is 3. The molecule has 0 radical (unpaired) electrons. The van der Waals surface area contributed by atoms with Crippen molar-refractivity contribution in [1.29, 1.82) is 0 Å². The van der Waals surface area contributed by atoms with Crippen molar-refractivity contribution in [2.45, 2.75) is 11.4 Å². The second kappa shape index (κ2) is 7.28. The summed E-state index contributed by atoms with van der Waals surface area (Å²) in [6.45, 7) is 0.0955. The summed E-state index contributed by atoms with van der Waals surface area (Å²) >= 11 is 0. The Kier molecular flexibility index (Phi) is 4.76. The topological polar surface area (TPSA) is 141 Å². The number of nitrogens with zero attached hydrogens (tertiary/aromatic N) is 3. The number of nitrogens with one attached hydrogen (secondary N) is 1. The Bertz CT molecular complexity index is 1270. The molecule has 1 saturated heterocycles. The van der Waals surface area contributed by atoms with Crippen LogP contribution >= 0.6 is 0 Å². The molecular formula is C19H17N5O5S. The zero-order valence-corrected chi connectivity index (χ0v) is 16.6. The van der Waals surface area contributed by atoms with E-state index in [0.717, 1.165) is 4.90 Å². The molecule has 3 heterocycles. The van der Waals surface area contributed by atoms with Crippen molar-refractivity contribution in [2.75, 3.05) is 0 Å². The molecule has 11 heteroatoms. The number of rotatable bonds is 5. The van der Waals surface area contributed by atoms with Gasteiger partial charge in [-0.2, -0.15) is 0 Å². The third kappa shape index (κ3) is 3.75. The van der Waals surface area contributed by atoms with E-state index in [1.165, 1.54) is 18.2 Å². The van der Waals surface area contributed by atoms with Crippen LogP contribution in [-0.4, -0.2) is 34.8 Å². The Morgan fingerprint density at radius 2 is 1.90 bits per heavy atom. The zero-order chi connectivity index (χ0) is 21.5. The molecule has 0 saturated carbocycles. The number of aromatic nitrogens is 2. The van der Waals surface area contributed by atoms with Gasteiger partial charge < -0.3 is 14.3 Å². The second-order valence-electron chi connectivity index (χ2n) is 6.65. The summed E-state index contributed by atoms with van der Waals surface area (Å²) in [5.41, 5.74) is 1.43. The van der Waals surface area contributed by atoms with Gasteiger partial charge in [-0.15, -0.1) is 0 Å². The molecule has 0 spiro atoms. The third-order valence-corrected chi connectivity index (χ3v) is 5.51. The van der Waals surface area contributed by atoms with Gasteiger partial charge in [0.25, 0.3) is 5.91 Å². The molecule has 10 nitrogen and oxygen atoms in total. The maximum absolute atomic E-state index is 12.6. The minimum Gasteiger partial charge on any atom is -0.457 e. The van der Waals surface area contributed by atoms with Crippen LogP contribution in [0.5, 0.6) is 0 Å². The number of carbonyl (C=O) groups is 2. The van der Waals surface area contributed by atoms with Crippen LogP contribution in [0.4, 0.5) is 4.79 Å². The molecule has 3 N–H and O–H groups in total. The summed E-state index contributed by atoms with van der Waals surface area (Å²) in [6, 6.07) is 8.66. The average Bonchev–Trinajstić information content (AvgIpc) is 3.39. The Labute approximate surface area is 171 Å². The lowest BCUT2D eigenvalue weighted by Gasteiger charge is -2.11. The van der Waals surface area contributed by atoms with Gasteiger partial charge in [-0.1, -0.05) is 0 Å². The first-order valence-electron chi connectivity index (χ1n) is 8.75. The highest BCUT2D eigenvalue weighted by atomic mass is 32.2. The first kappa shape index (κ1) is 19.6. The number of hydrogen-bond acceptors (Lipinski definition) is 6. The number of primary sulfonamides is 1. The highest BCUT2D eigenvalue weighted by molar-refractivity contribution is 7.89. The highest BCUT2D eigenvalue weighted by Gasteiger charge is 2.34. The molecule has 2 aromatic heterocycles. The van der Waals surface area contributed by atoms with Gasteiger partial charge in [0.05, 0.1) is 23.5 Å². The molecule has 3 amide bonds. The summed E-state index contributed by atoms with van der Waals surface area (Å²) in [6.07, 6.45) is 4.61. The van der Waals surface area contributed by atoms with E-state index >= 15 is 0 Å². The SMILES string of the molecule is Cn1cncc1CN1C(=O)NC(=Cc2ccc(-c3ccc(S(N)(=O)=O)cc3)o2)C1=O. The highest BCUT2D eigenvalue weighted by Crippen LogP contribution is 2.25. The van der Waals surface area contributed by atoms with Crippen molar-refractivity contribution in [3.63, 3.8) is 0 Å². The number of nitrogens with two attached hydrogens (primary N) is 1. The number of carbonyl (C=O) groups excluding carboxylic acids is 2. The molecule has 3 aromatic rings. The van der Waals surface area contributed by atoms with Crippen LogP contribution in [0, 0.1) is 0 Å². The Hall–Kier alpha value is -3.70. The Balaban J connectivity index is 1.53. The monoisotopic (exact) mass is 427 g/mol. The van der Waals surface area contributed by atoms with Crippen molar-refractivity contribution in [2.24, 2.45) is 12.2 Å². The molecule has 154 valence electrons. The van der Waals surface area contributed by atoms with Crippen LogP contribution in [-0.2, 0) is 28.4 Å². The van der Waals surface area contributed by atoms with E-state index in [2.05, 4.69) is 10.3 Å². The van der Waals surface area contributed by atoms with Gasteiger partial charge in [0.1, 0.15) is 17.2 Å². The number of benzene rings is 1. The van der Waals surface area contributed by atoms with Crippen LogP contribution in [0.2, 0.25) is 0 Å². The predicted molar refractivity (Wildman–Crippen MR) is 106 cm³/mol. The Morgan fingerprint density at radius 1 is 1.17 bits per heavy atom. The maximum atomic E-state index is 12.6. The molecule has 0 bridgehead atoms. The minimum absolute atomic E-state index is 0.00655. The van der Waals surface area contributed by atoms with E-state index in [-0.39, 0.29) is 17.1 Å². The van der Waals surface area contributed by atoms with Crippen molar-refractivity contribution in [3.05, 3.63) is 66.1 Å². The number of aryl methyl sites for hydroxylation is 1. The van der Waals surface area contributed by atoms with Gasteiger partial charge in [-0.3, -0.25) is 9.69 Å².